The average Bonchev–Trinajstić information content (AvgIpc) is 3.33. The summed E-state index contributed by atoms with van der Waals surface area (Å²) in [5.41, 5.74) is 1.23. The third kappa shape index (κ3) is 3.77. The van der Waals surface area contributed by atoms with E-state index in [4.69, 9.17) is 11.6 Å². The lowest BCUT2D eigenvalue weighted by Crippen LogP contribution is -2.20. The Labute approximate surface area is 150 Å². The number of anilines is 1. The maximum absolute atomic E-state index is 12.0. The molecule has 0 amide bonds. The second-order valence-electron chi connectivity index (χ2n) is 6.35. The van der Waals surface area contributed by atoms with Gasteiger partial charge in [-0.3, -0.25) is 10.1 Å². The number of non-ortho nitro benzene ring substituents is 1. The Kier molecular flexibility index (Phi) is 4.47. The first-order valence-electron chi connectivity index (χ1n) is 7.70. The normalized spacial score (nSPS) is 15.6. The number of rotatable bonds is 6. The lowest BCUT2D eigenvalue weighted by atomic mass is 9.96. The fourth-order valence-electron chi connectivity index (χ4n) is 2.86. The van der Waals surface area contributed by atoms with Gasteiger partial charge in [0.15, 0.2) is 9.84 Å². The van der Waals surface area contributed by atoms with Crippen molar-refractivity contribution < 1.29 is 13.3 Å². The predicted octanol–water partition coefficient (Wildman–Crippen LogP) is 3.80. The second kappa shape index (κ2) is 6.31. The van der Waals surface area contributed by atoms with Crippen LogP contribution < -0.4 is 5.32 Å². The van der Waals surface area contributed by atoms with Crippen molar-refractivity contribution in [3.63, 3.8) is 0 Å². The fourth-order valence-corrected chi connectivity index (χ4v) is 3.86. The molecule has 2 aromatic carbocycles. The van der Waals surface area contributed by atoms with E-state index in [1.807, 2.05) is 24.3 Å². The van der Waals surface area contributed by atoms with Gasteiger partial charge in [-0.2, -0.15) is 0 Å². The minimum Gasteiger partial charge on any atom is -0.383 e. The number of hydrogen-bond donors (Lipinski definition) is 1. The van der Waals surface area contributed by atoms with Crippen LogP contribution in [0.15, 0.2) is 47.4 Å². The molecule has 0 radical (unpaired) electrons. The van der Waals surface area contributed by atoms with Crippen molar-refractivity contribution in [1.82, 2.24) is 0 Å². The van der Waals surface area contributed by atoms with Gasteiger partial charge in [0.05, 0.1) is 15.5 Å². The number of benzene rings is 2. The molecule has 1 fully saturated rings. The molecule has 0 aromatic heterocycles. The number of sulfone groups is 1. The first kappa shape index (κ1) is 17.7. The molecule has 25 heavy (non-hydrogen) atoms. The number of nitro benzene ring substituents is 1. The lowest BCUT2D eigenvalue weighted by Gasteiger charge is -2.19. The monoisotopic (exact) mass is 380 g/mol. The number of hydrogen-bond acceptors (Lipinski definition) is 5. The highest BCUT2D eigenvalue weighted by molar-refractivity contribution is 7.90. The molecule has 0 atom stereocenters. The van der Waals surface area contributed by atoms with E-state index in [1.165, 1.54) is 12.1 Å². The zero-order valence-electron chi connectivity index (χ0n) is 13.5. The van der Waals surface area contributed by atoms with Crippen LogP contribution in [0.3, 0.4) is 0 Å². The highest BCUT2D eigenvalue weighted by Gasteiger charge is 2.44. The first-order chi connectivity index (χ1) is 11.7. The van der Waals surface area contributed by atoms with E-state index in [0.717, 1.165) is 30.7 Å². The fraction of sp³-hybridized carbons (Fsp3) is 0.294. The van der Waals surface area contributed by atoms with E-state index in [1.54, 1.807) is 0 Å². The summed E-state index contributed by atoms with van der Waals surface area (Å²) in [5.74, 6) is 0. The Hall–Kier alpha value is -2.12. The molecular formula is C17H17ClN2O4S. The third-order valence-electron chi connectivity index (χ3n) is 4.50. The molecule has 3 rings (SSSR count). The van der Waals surface area contributed by atoms with Crippen LogP contribution in [-0.2, 0) is 15.3 Å². The predicted molar refractivity (Wildman–Crippen MR) is 97.1 cm³/mol. The van der Waals surface area contributed by atoms with Gasteiger partial charge in [0.1, 0.15) is 0 Å². The van der Waals surface area contributed by atoms with Crippen molar-refractivity contribution in [3.05, 3.63) is 63.2 Å². The molecule has 1 aliphatic rings. The average molecular weight is 381 g/mol. The summed E-state index contributed by atoms with van der Waals surface area (Å²) >= 11 is 5.93. The Bertz CT molecular complexity index is 922. The second-order valence-corrected chi connectivity index (χ2v) is 8.77. The van der Waals surface area contributed by atoms with Gasteiger partial charge < -0.3 is 5.32 Å². The van der Waals surface area contributed by atoms with Crippen LogP contribution in [0.4, 0.5) is 11.4 Å². The molecule has 0 bridgehead atoms. The Morgan fingerprint density at radius 3 is 2.36 bits per heavy atom. The van der Waals surface area contributed by atoms with Crippen LogP contribution in [0.5, 0.6) is 0 Å². The van der Waals surface area contributed by atoms with Crippen LogP contribution in [0.1, 0.15) is 18.4 Å². The summed E-state index contributed by atoms with van der Waals surface area (Å²) in [4.78, 5) is 10.2. The summed E-state index contributed by atoms with van der Waals surface area (Å²) in [6.07, 6.45) is 3.02. The molecule has 0 heterocycles. The van der Waals surface area contributed by atoms with Crippen molar-refractivity contribution >= 4 is 32.8 Å². The SMILES string of the molecule is CS(=O)(=O)c1cc([N+](=O)[O-])ccc1NCC1(c2ccc(Cl)cc2)CC1. The topological polar surface area (TPSA) is 89.3 Å². The van der Waals surface area contributed by atoms with E-state index < -0.39 is 14.8 Å². The quantitative estimate of drug-likeness (QED) is 0.608. The number of nitro groups is 1. The molecule has 0 aliphatic heterocycles. The molecule has 1 saturated carbocycles. The molecule has 0 unspecified atom stereocenters. The van der Waals surface area contributed by atoms with Crippen molar-refractivity contribution in [3.8, 4) is 0 Å². The lowest BCUT2D eigenvalue weighted by molar-refractivity contribution is -0.385. The summed E-state index contributed by atoms with van der Waals surface area (Å²) < 4.78 is 24.0. The maximum Gasteiger partial charge on any atom is 0.270 e. The van der Waals surface area contributed by atoms with Gasteiger partial charge >= 0.3 is 0 Å². The number of nitrogens with one attached hydrogen (secondary N) is 1. The van der Waals surface area contributed by atoms with Gasteiger partial charge in [-0.05, 0) is 36.6 Å². The van der Waals surface area contributed by atoms with Crippen LogP contribution in [0.2, 0.25) is 5.02 Å². The highest BCUT2D eigenvalue weighted by Crippen LogP contribution is 2.48. The zero-order chi connectivity index (χ0) is 18.2. The Balaban J connectivity index is 1.86. The van der Waals surface area contributed by atoms with Gasteiger partial charge in [-0.25, -0.2) is 8.42 Å². The van der Waals surface area contributed by atoms with Crippen molar-refractivity contribution in [2.24, 2.45) is 0 Å². The van der Waals surface area contributed by atoms with E-state index in [0.29, 0.717) is 17.3 Å². The van der Waals surface area contributed by atoms with Gasteiger partial charge in [-0.15, -0.1) is 0 Å². The summed E-state index contributed by atoms with van der Waals surface area (Å²) in [6.45, 7) is 0.551. The summed E-state index contributed by atoms with van der Waals surface area (Å²) in [5, 5.41) is 14.7. The summed E-state index contributed by atoms with van der Waals surface area (Å²) in [6, 6.07) is 11.5. The third-order valence-corrected chi connectivity index (χ3v) is 5.89. The molecule has 8 heteroatoms. The van der Waals surface area contributed by atoms with Crippen LogP contribution in [-0.4, -0.2) is 26.1 Å². The largest absolute Gasteiger partial charge is 0.383 e. The molecule has 1 N–H and O–H groups in total. The molecule has 6 nitrogen and oxygen atoms in total. The van der Waals surface area contributed by atoms with Gasteiger partial charge in [-0.1, -0.05) is 23.7 Å². The van der Waals surface area contributed by atoms with Crippen LogP contribution >= 0.6 is 11.6 Å². The molecule has 0 spiro atoms. The Morgan fingerprint density at radius 1 is 1.20 bits per heavy atom. The van der Waals surface area contributed by atoms with Gasteiger partial charge in [0.2, 0.25) is 0 Å². The van der Waals surface area contributed by atoms with E-state index >= 15 is 0 Å². The van der Waals surface area contributed by atoms with E-state index in [9.17, 15) is 18.5 Å². The zero-order valence-corrected chi connectivity index (χ0v) is 15.1. The van der Waals surface area contributed by atoms with Crippen molar-refractivity contribution in [2.75, 3.05) is 18.1 Å². The molecular weight excluding hydrogens is 364 g/mol. The van der Waals surface area contributed by atoms with E-state index in [-0.39, 0.29) is 16.0 Å². The molecule has 1 aliphatic carbocycles. The number of nitrogens with zero attached hydrogens (tertiary/aromatic N) is 1. The van der Waals surface area contributed by atoms with Crippen molar-refractivity contribution in [1.29, 1.82) is 0 Å². The van der Waals surface area contributed by atoms with Gasteiger partial charge in [0.25, 0.3) is 5.69 Å². The van der Waals surface area contributed by atoms with Crippen LogP contribution in [0.25, 0.3) is 0 Å². The van der Waals surface area contributed by atoms with Crippen LogP contribution in [0, 0.1) is 10.1 Å². The standard InChI is InChI=1S/C17H17ClN2O4S/c1-25(23,24)16-10-14(20(21)22)6-7-15(16)19-11-17(8-9-17)12-2-4-13(18)5-3-12/h2-7,10,19H,8-9,11H2,1H3. The summed E-state index contributed by atoms with van der Waals surface area (Å²) in [7, 11) is -3.59. The Morgan fingerprint density at radius 2 is 1.84 bits per heavy atom. The number of halogens is 1. The maximum atomic E-state index is 12.0. The minimum absolute atomic E-state index is 0.0544. The minimum atomic E-state index is -3.59. The van der Waals surface area contributed by atoms with Crippen molar-refractivity contribution in [2.45, 2.75) is 23.2 Å². The smallest absolute Gasteiger partial charge is 0.270 e. The highest BCUT2D eigenvalue weighted by atomic mass is 35.5. The molecule has 132 valence electrons. The first-order valence-corrected chi connectivity index (χ1v) is 9.97. The van der Waals surface area contributed by atoms with Gasteiger partial charge in [0, 0.05) is 35.4 Å². The molecule has 2 aromatic rings. The van der Waals surface area contributed by atoms with E-state index in [2.05, 4.69) is 5.32 Å². The molecule has 0 saturated heterocycles.